The zero-order chi connectivity index (χ0) is 26.1. The number of para-hydroxylation sites is 1. The van der Waals surface area contributed by atoms with Gasteiger partial charge < -0.3 is 14.8 Å². The molecule has 190 valence electrons. The van der Waals surface area contributed by atoms with E-state index in [0.717, 1.165) is 46.0 Å². The van der Waals surface area contributed by atoms with Gasteiger partial charge in [-0.3, -0.25) is 0 Å². The van der Waals surface area contributed by atoms with E-state index in [2.05, 4.69) is 22.0 Å². The van der Waals surface area contributed by atoms with E-state index in [1.807, 2.05) is 83.4 Å². The highest BCUT2D eigenvalue weighted by Gasteiger charge is 2.35. The van der Waals surface area contributed by atoms with Crippen molar-refractivity contribution in [2.75, 3.05) is 6.54 Å². The molecule has 5 aromatic rings. The molecule has 2 aromatic heterocycles. The summed E-state index contributed by atoms with van der Waals surface area (Å²) in [6.07, 6.45) is 2.73. The number of aromatic nitrogens is 3. The van der Waals surface area contributed by atoms with Crippen LogP contribution < -0.4 is 5.32 Å². The van der Waals surface area contributed by atoms with Crippen molar-refractivity contribution in [1.29, 1.82) is 0 Å². The first-order valence-electron chi connectivity index (χ1n) is 12.8. The van der Waals surface area contributed by atoms with E-state index in [1.54, 1.807) is 12.1 Å². The fourth-order valence-electron chi connectivity index (χ4n) is 5.21. The van der Waals surface area contributed by atoms with E-state index in [0.29, 0.717) is 13.1 Å². The number of halogens is 1. The minimum atomic E-state index is -0.418. The highest BCUT2D eigenvalue weighted by atomic mass is 19.1. The molecule has 3 heterocycles. The third kappa shape index (κ3) is 4.36. The second-order valence-corrected chi connectivity index (χ2v) is 9.49. The molecular weight excluding hydrogens is 477 g/mol. The van der Waals surface area contributed by atoms with Crippen molar-refractivity contribution in [2.45, 2.75) is 25.9 Å². The van der Waals surface area contributed by atoms with Gasteiger partial charge in [0.15, 0.2) is 0 Å². The van der Waals surface area contributed by atoms with Crippen molar-refractivity contribution in [1.82, 2.24) is 24.6 Å². The zero-order valence-corrected chi connectivity index (χ0v) is 21.1. The van der Waals surface area contributed by atoms with Crippen molar-refractivity contribution in [3.8, 4) is 11.5 Å². The number of aryl methyl sites for hydroxylation is 1. The van der Waals surface area contributed by atoms with Gasteiger partial charge in [-0.2, -0.15) is 5.10 Å². The summed E-state index contributed by atoms with van der Waals surface area (Å²) in [6.45, 7) is 2.84. The van der Waals surface area contributed by atoms with Gasteiger partial charge in [-0.25, -0.2) is 13.9 Å². The van der Waals surface area contributed by atoms with E-state index in [1.165, 1.54) is 12.1 Å². The number of hydrogen-bond acceptors (Lipinski definition) is 2. The third-order valence-corrected chi connectivity index (χ3v) is 7.07. The van der Waals surface area contributed by atoms with Crippen molar-refractivity contribution in [3.05, 3.63) is 137 Å². The Kier molecular flexibility index (Phi) is 6.25. The molecule has 0 saturated heterocycles. The van der Waals surface area contributed by atoms with Crippen LogP contribution in [-0.4, -0.2) is 31.8 Å². The van der Waals surface area contributed by atoms with E-state index in [9.17, 15) is 9.18 Å². The Morgan fingerprint density at radius 2 is 1.66 bits per heavy atom. The fraction of sp³-hybridized carbons (Fsp3) is 0.161. The van der Waals surface area contributed by atoms with Crippen LogP contribution in [0.4, 0.5) is 9.18 Å². The van der Waals surface area contributed by atoms with E-state index in [4.69, 9.17) is 5.10 Å². The van der Waals surface area contributed by atoms with E-state index in [-0.39, 0.29) is 11.8 Å². The quantitative estimate of drug-likeness (QED) is 0.320. The number of fused-ring (bicyclic) bond motifs is 3. The molecule has 38 heavy (non-hydrogen) atoms. The Bertz CT molecular complexity index is 1560. The lowest BCUT2D eigenvalue weighted by Crippen LogP contribution is -2.42. The van der Waals surface area contributed by atoms with Gasteiger partial charge >= 0.3 is 6.03 Å². The van der Waals surface area contributed by atoms with Gasteiger partial charge in [0.25, 0.3) is 0 Å². The minimum Gasteiger partial charge on any atom is -0.338 e. The molecule has 1 N–H and O–H groups in total. The first kappa shape index (κ1) is 23.7. The summed E-state index contributed by atoms with van der Waals surface area (Å²) in [6, 6.07) is 29.9. The van der Waals surface area contributed by atoms with Crippen LogP contribution in [0.15, 0.2) is 103 Å². The summed E-state index contributed by atoms with van der Waals surface area (Å²) >= 11 is 0. The monoisotopic (exact) mass is 505 g/mol. The average Bonchev–Trinajstić information content (AvgIpc) is 3.51. The second kappa shape index (κ2) is 10.0. The number of nitrogens with one attached hydrogen (secondary N) is 1. The number of rotatable bonds is 5. The Morgan fingerprint density at radius 3 is 2.39 bits per heavy atom. The molecular formula is C31H28FN5O. The Hall–Kier alpha value is -4.65. The summed E-state index contributed by atoms with van der Waals surface area (Å²) in [5.41, 5.74) is 5.67. The van der Waals surface area contributed by atoms with Gasteiger partial charge in [-0.15, -0.1) is 0 Å². The number of nitrogens with zero attached hydrogens (tertiary/aromatic N) is 4. The smallest absolute Gasteiger partial charge is 0.318 e. The van der Waals surface area contributed by atoms with E-state index >= 15 is 0 Å². The molecule has 0 saturated carbocycles. The van der Waals surface area contributed by atoms with Gasteiger partial charge in [0, 0.05) is 18.3 Å². The van der Waals surface area contributed by atoms with Crippen molar-refractivity contribution >= 4 is 6.03 Å². The van der Waals surface area contributed by atoms with Gasteiger partial charge in [0.05, 0.1) is 29.7 Å². The van der Waals surface area contributed by atoms with Crippen LogP contribution >= 0.6 is 0 Å². The molecule has 2 amide bonds. The standard InChI is InChI=1S/C31H28FN5O/c1-22-27-21-36(31(38)33-19-18-23-9-4-2-5-10-23)29(24-14-16-25(32)17-15-24)28-13-8-20-35(28)30(27)37(34-22)26-11-6-3-7-12-26/h2-17,20,29H,18-19,21H2,1H3,(H,33,38)/t29-/m0/s1. The molecule has 6 rings (SSSR count). The average molecular weight is 506 g/mol. The SMILES string of the molecule is Cc1nn(-c2ccccc2)c2c1CN(C(=O)NCCc1ccccc1)[C@@H](c1ccc(F)cc1)c1cccn1-2. The van der Waals surface area contributed by atoms with Crippen LogP contribution in [0, 0.1) is 12.7 Å². The number of carbonyl (C=O) groups excluding carboxylic acids is 1. The molecule has 6 nitrogen and oxygen atoms in total. The minimum absolute atomic E-state index is 0.178. The predicted molar refractivity (Wildman–Crippen MR) is 145 cm³/mol. The fourth-order valence-corrected chi connectivity index (χ4v) is 5.21. The molecule has 3 aromatic carbocycles. The summed E-state index contributed by atoms with van der Waals surface area (Å²) in [4.78, 5) is 15.7. The number of carbonyl (C=O) groups is 1. The second-order valence-electron chi connectivity index (χ2n) is 9.49. The number of hydrogen-bond donors (Lipinski definition) is 1. The first-order chi connectivity index (χ1) is 18.6. The molecule has 0 radical (unpaired) electrons. The maximum atomic E-state index is 13.9. The van der Waals surface area contributed by atoms with Crippen LogP contribution in [0.2, 0.25) is 0 Å². The van der Waals surface area contributed by atoms with Gasteiger partial charge in [0.1, 0.15) is 11.6 Å². The van der Waals surface area contributed by atoms with Crippen LogP contribution in [-0.2, 0) is 13.0 Å². The Balaban J connectivity index is 1.43. The van der Waals surface area contributed by atoms with Crippen LogP contribution in [0.5, 0.6) is 0 Å². The lowest BCUT2D eigenvalue weighted by molar-refractivity contribution is 0.180. The highest BCUT2D eigenvalue weighted by Crippen LogP contribution is 2.38. The normalized spacial score (nSPS) is 14.5. The lowest BCUT2D eigenvalue weighted by Gasteiger charge is -2.31. The maximum Gasteiger partial charge on any atom is 0.318 e. The Morgan fingerprint density at radius 1 is 0.947 bits per heavy atom. The predicted octanol–water partition coefficient (Wildman–Crippen LogP) is 5.97. The summed E-state index contributed by atoms with van der Waals surface area (Å²) in [7, 11) is 0. The zero-order valence-electron chi connectivity index (χ0n) is 21.1. The van der Waals surface area contributed by atoms with Crippen molar-refractivity contribution in [2.24, 2.45) is 0 Å². The third-order valence-electron chi connectivity index (χ3n) is 7.07. The lowest BCUT2D eigenvalue weighted by atomic mass is 10.0. The van der Waals surface area contributed by atoms with Gasteiger partial charge in [-0.1, -0.05) is 60.7 Å². The molecule has 0 unspecified atom stereocenters. The molecule has 0 bridgehead atoms. The molecule has 1 aliphatic heterocycles. The molecule has 0 fully saturated rings. The molecule has 7 heteroatoms. The van der Waals surface area contributed by atoms with E-state index < -0.39 is 6.04 Å². The topological polar surface area (TPSA) is 55.1 Å². The summed E-state index contributed by atoms with van der Waals surface area (Å²) < 4.78 is 17.9. The van der Waals surface area contributed by atoms with Crippen LogP contribution in [0.25, 0.3) is 11.5 Å². The molecule has 0 aliphatic carbocycles. The summed E-state index contributed by atoms with van der Waals surface area (Å²) in [5, 5.41) is 8.00. The van der Waals surface area contributed by atoms with Crippen LogP contribution in [0.1, 0.15) is 34.1 Å². The number of urea groups is 1. The van der Waals surface area contributed by atoms with Crippen LogP contribution in [0.3, 0.4) is 0 Å². The number of benzene rings is 3. The van der Waals surface area contributed by atoms with Crippen molar-refractivity contribution < 1.29 is 9.18 Å². The first-order valence-corrected chi connectivity index (χ1v) is 12.8. The number of amides is 2. The summed E-state index contributed by atoms with van der Waals surface area (Å²) in [5.74, 6) is 0.593. The Labute approximate surface area is 221 Å². The highest BCUT2D eigenvalue weighted by molar-refractivity contribution is 5.76. The van der Waals surface area contributed by atoms with Crippen molar-refractivity contribution in [3.63, 3.8) is 0 Å². The molecule has 1 aliphatic rings. The molecule has 1 atom stereocenters. The van der Waals surface area contributed by atoms with Gasteiger partial charge in [-0.05, 0) is 60.9 Å². The largest absolute Gasteiger partial charge is 0.338 e. The molecule has 0 spiro atoms. The van der Waals surface area contributed by atoms with Gasteiger partial charge in [0.2, 0.25) is 0 Å². The maximum absolute atomic E-state index is 13.9.